The first kappa shape index (κ1) is 16.4. The smallest absolute Gasteiger partial charge is 0.234 e. The van der Waals surface area contributed by atoms with Gasteiger partial charge in [0.05, 0.1) is 6.04 Å². The van der Waals surface area contributed by atoms with Crippen molar-refractivity contribution in [3.05, 3.63) is 0 Å². The summed E-state index contributed by atoms with van der Waals surface area (Å²) >= 11 is 0. The Labute approximate surface area is 106 Å². The highest BCUT2D eigenvalue weighted by Crippen LogP contribution is 2.24. The molecule has 4 heteroatoms. The number of hydrogen-bond donors (Lipinski definition) is 2. The van der Waals surface area contributed by atoms with Gasteiger partial charge in [-0.3, -0.25) is 4.79 Å². The quantitative estimate of drug-likeness (QED) is 0.666. The van der Waals surface area contributed by atoms with Crippen LogP contribution in [0.5, 0.6) is 0 Å². The molecule has 1 atom stereocenters. The van der Waals surface area contributed by atoms with Gasteiger partial charge in [0.25, 0.3) is 0 Å². The van der Waals surface area contributed by atoms with Crippen LogP contribution >= 0.6 is 0 Å². The van der Waals surface area contributed by atoms with Crippen molar-refractivity contribution in [2.75, 3.05) is 27.2 Å². The molecule has 0 aliphatic heterocycles. The lowest BCUT2D eigenvalue weighted by Crippen LogP contribution is -2.51. The van der Waals surface area contributed by atoms with Crippen LogP contribution in [-0.2, 0) is 4.79 Å². The molecule has 0 heterocycles. The van der Waals surface area contributed by atoms with E-state index in [1.807, 2.05) is 14.1 Å². The van der Waals surface area contributed by atoms with Crippen LogP contribution in [0.4, 0.5) is 0 Å². The Morgan fingerprint density at radius 2 is 1.65 bits per heavy atom. The van der Waals surface area contributed by atoms with Crippen molar-refractivity contribution in [2.24, 2.45) is 23.5 Å². The second-order valence-electron chi connectivity index (χ2n) is 5.70. The molecular formula is C13H29N3O. The van der Waals surface area contributed by atoms with Gasteiger partial charge in [-0.05, 0) is 31.8 Å². The van der Waals surface area contributed by atoms with Gasteiger partial charge >= 0.3 is 0 Å². The van der Waals surface area contributed by atoms with E-state index in [9.17, 15) is 4.79 Å². The molecule has 0 aromatic carbocycles. The molecule has 1 unspecified atom stereocenters. The Kier molecular flexibility index (Phi) is 7.39. The minimum absolute atomic E-state index is 0.227. The van der Waals surface area contributed by atoms with Crippen LogP contribution in [0.3, 0.4) is 0 Å². The standard InChI is InChI=1S/C13H29N3O/c1-9(2)11(10(3)4)12(13(14)17)15-7-8-16(5)6/h9-12,15H,7-8H2,1-6H3,(H2,14,17). The van der Waals surface area contributed by atoms with E-state index in [1.165, 1.54) is 0 Å². The number of rotatable bonds is 8. The molecule has 0 aromatic heterocycles. The number of nitrogens with two attached hydrogens (primary N) is 1. The Morgan fingerprint density at radius 1 is 1.18 bits per heavy atom. The number of likely N-dealkylation sites (N-methyl/N-ethyl adjacent to an activating group) is 1. The van der Waals surface area contributed by atoms with Crippen molar-refractivity contribution >= 4 is 5.91 Å². The summed E-state index contributed by atoms with van der Waals surface area (Å²) in [6.07, 6.45) is 0. The molecule has 102 valence electrons. The molecule has 4 nitrogen and oxygen atoms in total. The fourth-order valence-electron chi connectivity index (χ4n) is 2.41. The predicted octanol–water partition coefficient (Wildman–Crippen LogP) is 0.920. The number of primary amides is 1. The second kappa shape index (κ2) is 7.67. The maximum atomic E-state index is 11.6. The van der Waals surface area contributed by atoms with E-state index in [1.54, 1.807) is 0 Å². The molecule has 3 N–H and O–H groups in total. The van der Waals surface area contributed by atoms with Gasteiger partial charge in [-0.25, -0.2) is 0 Å². The number of amides is 1. The third-order valence-corrected chi connectivity index (χ3v) is 3.15. The van der Waals surface area contributed by atoms with Crippen LogP contribution in [-0.4, -0.2) is 44.0 Å². The molecule has 0 aliphatic carbocycles. The molecule has 1 amide bonds. The highest BCUT2D eigenvalue weighted by molar-refractivity contribution is 5.80. The van der Waals surface area contributed by atoms with Crippen molar-refractivity contribution in [3.8, 4) is 0 Å². The Balaban J connectivity index is 4.53. The maximum absolute atomic E-state index is 11.6. The van der Waals surface area contributed by atoms with Crippen LogP contribution in [0.25, 0.3) is 0 Å². The summed E-state index contributed by atoms with van der Waals surface area (Å²) in [6, 6.07) is -0.227. The van der Waals surface area contributed by atoms with Crippen LogP contribution in [0, 0.1) is 17.8 Å². The lowest BCUT2D eigenvalue weighted by atomic mass is 9.79. The summed E-state index contributed by atoms with van der Waals surface area (Å²) in [5.41, 5.74) is 5.52. The van der Waals surface area contributed by atoms with E-state index in [-0.39, 0.29) is 17.9 Å². The van der Waals surface area contributed by atoms with Gasteiger partial charge in [-0.1, -0.05) is 27.7 Å². The average molecular weight is 243 g/mol. The van der Waals surface area contributed by atoms with Crippen LogP contribution in [0.2, 0.25) is 0 Å². The number of carbonyl (C=O) groups is 1. The van der Waals surface area contributed by atoms with Gasteiger partial charge in [0, 0.05) is 13.1 Å². The molecule has 0 aliphatic rings. The van der Waals surface area contributed by atoms with Gasteiger partial charge in [0.15, 0.2) is 0 Å². The summed E-state index contributed by atoms with van der Waals surface area (Å²) in [4.78, 5) is 13.7. The first-order valence-electron chi connectivity index (χ1n) is 6.44. The molecule has 17 heavy (non-hydrogen) atoms. The van der Waals surface area contributed by atoms with Crippen molar-refractivity contribution in [3.63, 3.8) is 0 Å². The van der Waals surface area contributed by atoms with E-state index in [0.29, 0.717) is 11.8 Å². The van der Waals surface area contributed by atoms with E-state index >= 15 is 0 Å². The first-order chi connectivity index (χ1) is 7.77. The van der Waals surface area contributed by atoms with Crippen LogP contribution in [0.1, 0.15) is 27.7 Å². The maximum Gasteiger partial charge on any atom is 0.234 e. The van der Waals surface area contributed by atoms with Crippen molar-refractivity contribution in [1.82, 2.24) is 10.2 Å². The van der Waals surface area contributed by atoms with Crippen LogP contribution < -0.4 is 11.1 Å². The number of nitrogens with one attached hydrogen (secondary N) is 1. The van der Waals surface area contributed by atoms with Gasteiger partial charge < -0.3 is 16.0 Å². The van der Waals surface area contributed by atoms with E-state index in [0.717, 1.165) is 13.1 Å². The largest absolute Gasteiger partial charge is 0.368 e. The molecular weight excluding hydrogens is 214 g/mol. The molecule has 0 spiro atoms. The van der Waals surface area contributed by atoms with Gasteiger partial charge in [-0.2, -0.15) is 0 Å². The van der Waals surface area contributed by atoms with Gasteiger partial charge in [0.1, 0.15) is 0 Å². The Bertz CT molecular complexity index is 219. The second-order valence-corrected chi connectivity index (χ2v) is 5.70. The monoisotopic (exact) mass is 243 g/mol. The summed E-state index contributed by atoms with van der Waals surface area (Å²) in [7, 11) is 4.03. The zero-order chi connectivity index (χ0) is 13.6. The van der Waals surface area contributed by atoms with E-state index < -0.39 is 0 Å². The molecule has 0 saturated heterocycles. The average Bonchev–Trinajstić information content (AvgIpc) is 2.13. The number of nitrogens with zero attached hydrogens (tertiary/aromatic N) is 1. The van der Waals surface area contributed by atoms with Gasteiger partial charge in [0.2, 0.25) is 5.91 Å². The Morgan fingerprint density at radius 3 is 1.94 bits per heavy atom. The molecule has 0 bridgehead atoms. The third-order valence-electron chi connectivity index (χ3n) is 3.15. The topological polar surface area (TPSA) is 58.4 Å². The summed E-state index contributed by atoms with van der Waals surface area (Å²) in [5, 5.41) is 3.30. The molecule has 0 rings (SSSR count). The lowest BCUT2D eigenvalue weighted by Gasteiger charge is -2.32. The SMILES string of the molecule is CC(C)C(C(C)C)C(NCCN(C)C)C(N)=O. The normalized spacial score (nSPS) is 14.0. The highest BCUT2D eigenvalue weighted by atomic mass is 16.1. The van der Waals surface area contributed by atoms with Crippen molar-refractivity contribution < 1.29 is 4.79 Å². The zero-order valence-electron chi connectivity index (χ0n) is 12.2. The predicted molar refractivity (Wildman–Crippen MR) is 72.7 cm³/mol. The summed E-state index contributed by atoms with van der Waals surface area (Å²) in [5.74, 6) is 0.935. The van der Waals surface area contributed by atoms with Gasteiger partial charge in [-0.15, -0.1) is 0 Å². The number of carbonyl (C=O) groups excluding carboxylic acids is 1. The zero-order valence-corrected chi connectivity index (χ0v) is 12.2. The Hall–Kier alpha value is -0.610. The van der Waals surface area contributed by atoms with Crippen molar-refractivity contribution in [1.29, 1.82) is 0 Å². The molecule has 0 radical (unpaired) electrons. The summed E-state index contributed by atoms with van der Waals surface area (Å²) in [6.45, 7) is 10.3. The first-order valence-corrected chi connectivity index (χ1v) is 6.44. The fourth-order valence-corrected chi connectivity index (χ4v) is 2.41. The minimum atomic E-state index is -0.240. The molecule has 0 fully saturated rings. The van der Waals surface area contributed by atoms with E-state index in [4.69, 9.17) is 5.73 Å². The highest BCUT2D eigenvalue weighted by Gasteiger charge is 2.30. The lowest BCUT2D eigenvalue weighted by molar-refractivity contribution is -0.122. The van der Waals surface area contributed by atoms with E-state index in [2.05, 4.69) is 37.9 Å². The molecule has 0 aromatic rings. The van der Waals surface area contributed by atoms with Crippen molar-refractivity contribution in [2.45, 2.75) is 33.7 Å². The third kappa shape index (κ3) is 6.03. The minimum Gasteiger partial charge on any atom is -0.368 e. The number of hydrogen-bond acceptors (Lipinski definition) is 3. The fraction of sp³-hybridized carbons (Fsp3) is 0.923. The van der Waals surface area contributed by atoms with Crippen LogP contribution in [0.15, 0.2) is 0 Å². The molecule has 0 saturated carbocycles. The summed E-state index contributed by atoms with van der Waals surface area (Å²) < 4.78 is 0.